The second-order valence-electron chi connectivity index (χ2n) is 7.37. The van der Waals surface area contributed by atoms with Crippen molar-refractivity contribution in [2.24, 2.45) is 0 Å². The summed E-state index contributed by atoms with van der Waals surface area (Å²) in [5.41, 5.74) is 0.429. The molecule has 0 radical (unpaired) electrons. The Morgan fingerprint density at radius 1 is 1.03 bits per heavy atom. The summed E-state index contributed by atoms with van der Waals surface area (Å²) in [6.45, 7) is 2.49. The fourth-order valence-electron chi connectivity index (χ4n) is 3.36. The predicted molar refractivity (Wildman–Crippen MR) is 128 cm³/mol. The number of benzene rings is 2. The van der Waals surface area contributed by atoms with Crippen molar-refractivity contribution in [3.05, 3.63) is 42.5 Å². The van der Waals surface area contributed by atoms with Crippen molar-refractivity contribution in [3.8, 4) is 5.75 Å². The van der Waals surface area contributed by atoms with Gasteiger partial charge in [-0.3, -0.25) is 4.79 Å². The van der Waals surface area contributed by atoms with Gasteiger partial charge in [-0.25, -0.2) is 21.6 Å². The number of carbonyl (C=O) groups excluding carboxylic acids is 1. The molecular formula is C21H27N3O6S3. The van der Waals surface area contributed by atoms with Crippen LogP contribution in [0.5, 0.6) is 5.75 Å². The lowest BCUT2D eigenvalue weighted by molar-refractivity contribution is -0.114. The molecule has 3 rings (SSSR count). The highest BCUT2D eigenvalue weighted by Gasteiger charge is 2.27. The molecule has 1 amide bonds. The van der Waals surface area contributed by atoms with Crippen molar-refractivity contribution in [1.29, 1.82) is 0 Å². The van der Waals surface area contributed by atoms with Gasteiger partial charge >= 0.3 is 0 Å². The van der Waals surface area contributed by atoms with Gasteiger partial charge in [-0.1, -0.05) is 0 Å². The van der Waals surface area contributed by atoms with Crippen LogP contribution in [0, 0.1) is 0 Å². The zero-order valence-electron chi connectivity index (χ0n) is 18.4. The zero-order valence-corrected chi connectivity index (χ0v) is 20.9. The third kappa shape index (κ3) is 6.48. The number of amides is 1. The first kappa shape index (κ1) is 25.5. The number of hydrogen-bond acceptors (Lipinski definition) is 7. The van der Waals surface area contributed by atoms with E-state index in [1.165, 1.54) is 47.3 Å². The Kier molecular flexibility index (Phi) is 8.40. The number of nitrogens with zero attached hydrogens (tertiary/aromatic N) is 1. The number of carbonyl (C=O) groups is 1. The summed E-state index contributed by atoms with van der Waals surface area (Å²) in [4.78, 5) is 12.4. The summed E-state index contributed by atoms with van der Waals surface area (Å²) >= 11 is 1.40. The molecule has 2 aromatic rings. The van der Waals surface area contributed by atoms with Crippen molar-refractivity contribution in [3.63, 3.8) is 0 Å². The quantitative estimate of drug-likeness (QED) is 0.370. The van der Waals surface area contributed by atoms with Gasteiger partial charge in [0.15, 0.2) is 0 Å². The van der Waals surface area contributed by atoms with Crippen molar-refractivity contribution in [1.82, 2.24) is 9.03 Å². The van der Waals surface area contributed by atoms with Gasteiger partial charge < -0.3 is 10.1 Å². The minimum absolute atomic E-state index is 0.00983. The third-order valence-corrected chi connectivity index (χ3v) is 9.15. The Balaban J connectivity index is 1.56. The van der Waals surface area contributed by atoms with E-state index in [-0.39, 0.29) is 28.8 Å². The molecule has 0 bridgehead atoms. The Hall–Kier alpha value is -2.12. The third-order valence-electron chi connectivity index (χ3n) is 4.98. The summed E-state index contributed by atoms with van der Waals surface area (Å²) < 4.78 is 59.8. The van der Waals surface area contributed by atoms with Crippen molar-refractivity contribution in [2.45, 2.75) is 34.5 Å². The number of hydrogen-bond donors (Lipinski definition) is 2. The monoisotopic (exact) mass is 513 g/mol. The van der Waals surface area contributed by atoms with E-state index in [9.17, 15) is 21.6 Å². The van der Waals surface area contributed by atoms with E-state index in [4.69, 9.17) is 4.74 Å². The standard InChI is InChI=1S/C21H27N3O6S3/c1-16(25)23-20-15-19(9-10-21(20)31-2)32(26,27)22-11-14-30-17-5-7-18(8-6-17)33(28,29)24-12-3-4-13-24/h5-10,15,22H,3-4,11-14H2,1-2H3,(H,23,25). The molecule has 0 saturated carbocycles. The fourth-order valence-corrected chi connectivity index (χ4v) is 6.45. The van der Waals surface area contributed by atoms with Gasteiger partial charge in [-0.2, -0.15) is 4.31 Å². The second-order valence-corrected chi connectivity index (χ2v) is 11.9. The van der Waals surface area contributed by atoms with E-state index in [1.54, 1.807) is 18.2 Å². The average molecular weight is 514 g/mol. The van der Waals surface area contributed by atoms with Crippen LogP contribution in [-0.4, -0.2) is 59.5 Å². The predicted octanol–water partition coefficient (Wildman–Crippen LogP) is 2.51. The van der Waals surface area contributed by atoms with E-state index in [2.05, 4.69) is 10.0 Å². The van der Waals surface area contributed by atoms with Crippen molar-refractivity contribution < 1.29 is 26.4 Å². The second kappa shape index (κ2) is 10.9. The number of nitrogens with one attached hydrogen (secondary N) is 2. The molecule has 0 atom stereocenters. The van der Waals surface area contributed by atoms with E-state index in [0.717, 1.165) is 17.7 Å². The summed E-state index contributed by atoms with van der Waals surface area (Å²) in [6, 6.07) is 10.6. The molecule has 0 aromatic heterocycles. The van der Waals surface area contributed by atoms with Crippen LogP contribution in [0.25, 0.3) is 0 Å². The minimum atomic E-state index is -3.81. The lowest BCUT2D eigenvalue weighted by Gasteiger charge is -2.15. The number of ether oxygens (including phenoxy) is 1. The van der Waals surface area contributed by atoms with Gasteiger partial charge in [0.2, 0.25) is 26.0 Å². The SMILES string of the molecule is CSc1ccc(S(=O)(=O)NCCOc2ccc(S(=O)(=O)N3CCCC3)cc2)cc1NC(C)=O. The minimum Gasteiger partial charge on any atom is -0.492 e. The molecule has 0 aliphatic carbocycles. The van der Waals surface area contributed by atoms with Gasteiger partial charge in [-0.15, -0.1) is 11.8 Å². The molecule has 1 heterocycles. The van der Waals surface area contributed by atoms with Crippen LogP contribution in [0.2, 0.25) is 0 Å². The molecular weight excluding hydrogens is 486 g/mol. The average Bonchev–Trinajstić information content (AvgIpc) is 3.32. The highest BCUT2D eigenvalue weighted by atomic mass is 32.2. The topological polar surface area (TPSA) is 122 Å². The fraction of sp³-hybridized carbons (Fsp3) is 0.381. The molecule has 12 heteroatoms. The van der Waals surface area contributed by atoms with Gasteiger partial charge in [0.25, 0.3) is 0 Å². The molecule has 0 unspecified atom stereocenters. The molecule has 2 N–H and O–H groups in total. The first-order chi connectivity index (χ1) is 15.6. The Morgan fingerprint density at radius 3 is 2.27 bits per heavy atom. The maximum absolute atomic E-state index is 12.6. The number of sulfonamides is 2. The van der Waals surface area contributed by atoms with Crippen LogP contribution in [0.15, 0.2) is 57.2 Å². The van der Waals surface area contributed by atoms with E-state index in [1.807, 2.05) is 6.26 Å². The largest absolute Gasteiger partial charge is 0.492 e. The van der Waals surface area contributed by atoms with Crippen LogP contribution < -0.4 is 14.8 Å². The molecule has 180 valence electrons. The first-order valence-corrected chi connectivity index (χ1v) is 14.5. The lowest BCUT2D eigenvalue weighted by atomic mass is 10.3. The lowest BCUT2D eigenvalue weighted by Crippen LogP contribution is -2.28. The van der Waals surface area contributed by atoms with Crippen LogP contribution in [0.1, 0.15) is 19.8 Å². The Bertz CT molecular complexity index is 1190. The smallest absolute Gasteiger partial charge is 0.243 e. The Labute approximate surface area is 199 Å². The normalized spacial score (nSPS) is 14.8. The summed E-state index contributed by atoms with van der Waals surface area (Å²) in [5, 5.41) is 2.64. The molecule has 1 aliphatic heterocycles. The molecule has 9 nitrogen and oxygen atoms in total. The summed E-state index contributed by atoms with van der Waals surface area (Å²) in [5.74, 6) is 0.146. The number of rotatable bonds is 10. The van der Waals surface area contributed by atoms with E-state index in [0.29, 0.717) is 24.5 Å². The van der Waals surface area contributed by atoms with Gasteiger partial charge in [0.1, 0.15) is 12.4 Å². The first-order valence-electron chi connectivity index (χ1n) is 10.3. The zero-order chi connectivity index (χ0) is 24.1. The number of thioether (sulfide) groups is 1. The molecule has 1 saturated heterocycles. The molecule has 0 spiro atoms. The number of anilines is 1. The van der Waals surface area contributed by atoms with Crippen molar-refractivity contribution in [2.75, 3.05) is 37.8 Å². The maximum atomic E-state index is 12.6. The Morgan fingerprint density at radius 2 is 1.67 bits per heavy atom. The van der Waals surface area contributed by atoms with Gasteiger partial charge in [0.05, 0.1) is 15.5 Å². The van der Waals surface area contributed by atoms with Crippen LogP contribution in [0.4, 0.5) is 5.69 Å². The summed E-state index contributed by atoms with van der Waals surface area (Å²) in [7, 11) is -7.30. The molecule has 1 fully saturated rings. The van der Waals surface area contributed by atoms with Crippen LogP contribution in [0.3, 0.4) is 0 Å². The van der Waals surface area contributed by atoms with Gasteiger partial charge in [0, 0.05) is 31.5 Å². The molecule has 33 heavy (non-hydrogen) atoms. The molecule has 2 aromatic carbocycles. The highest BCUT2D eigenvalue weighted by Crippen LogP contribution is 2.28. The van der Waals surface area contributed by atoms with E-state index >= 15 is 0 Å². The van der Waals surface area contributed by atoms with Crippen LogP contribution in [-0.2, 0) is 24.8 Å². The van der Waals surface area contributed by atoms with Crippen LogP contribution >= 0.6 is 11.8 Å². The highest BCUT2D eigenvalue weighted by molar-refractivity contribution is 7.98. The van der Waals surface area contributed by atoms with Gasteiger partial charge in [-0.05, 0) is 61.6 Å². The molecule has 1 aliphatic rings. The summed E-state index contributed by atoms with van der Waals surface area (Å²) in [6.07, 6.45) is 3.57. The maximum Gasteiger partial charge on any atom is 0.243 e. The van der Waals surface area contributed by atoms with Crippen molar-refractivity contribution >= 4 is 43.4 Å². The van der Waals surface area contributed by atoms with E-state index < -0.39 is 20.0 Å².